The Balaban J connectivity index is 0.00000324. The molecule has 0 aromatic carbocycles. The Morgan fingerprint density at radius 3 is 2.63 bits per heavy atom. The molecule has 2 N–H and O–H groups in total. The van der Waals surface area contributed by atoms with Crippen molar-refractivity contribution in [1.29, 1.82) is 0 Å². The third-order valence-electron chi connectivity index (χ3n) is 3.31. The minimum absolute atomic E-state index is 0. The summed E-state index contributed by atoms with van der Waals surface area (Å²) in [6.07, 6.45) is 0.663. The minimum atomic E-state index is -0.295. The van der Waals surface area contributed by atoms with E-state index in [0.717, 1.165) is 25.5 Å². The molecule has 19 heavy (non-hydrogen) atoms. The molecule has 1 aliphatic heterocycles. The number of aliphatic imine (C=N–C) groups is 1. The molecule has 1 heterocycles. The van der Waals surface area contributed by atoms with Crippen LogP contribution in [0, 0.1) is 5.92 Å². The lowest BCUT2D eigenvalue weighted by Crippen LogP contribution is -2.44. The second-order valence-corrected chi connectivity index (χ2v) is 4.92. The zero-order valence-corrected chi connectivity index (χ0v) is 14.4. The van der Waals surface area contributed by atoms with Gasteiger partial charge in [-0.3, -0.25) is 9.79 Å². The quantitative estimate of drug-likeness (QED) is 0.408. The van der Waals surface area contributed by atoms with Crippen molar-refractivity contribution < 1.29 is 9.90 Å². The maximum atomic E-state index is 11.5. The molecule has 2 atom stereocenters. The van der Waals surface area contributed by atoms with Crippen molar-refractivity contribution in [3.05, 3.63) is 0 Å². The molecule has 1 amide bonds. The number of aliphatic hydroxyl groups excluding tert-OH is 1. The summed E-state index contributed by atoms with van der Waals surface area (Å²) in [6, 6.07) is 0. The first kappa shape index (κ1) is 18.4. The zero-order valence-electron chi connectivity index (χ0n) is 12.1. The van der Waals surface area contributed by atoms with E-state index in [2.05, 4.69) is 15.2 Å². The zero-order chi connectivity index (χ0) is 13.7. The molecule has 112 valence electrons. The third-order valence-corrected chi connectivity index (χ3v) is 3.31. The lowest BCUT2D eigenvalue weighted by molar-refractivity contribution is -0.127. The molecule has 6 nitrogen and oxygen atoms in total. The number of hydrogen-bond acceptors (Lipinski definition) is 3. The Morgan fingerprint density at radius 1 is 1.58 bits per heavy atom. The lowest BCUT2D eigenvalue weighted by atomic mass is 10.0. The Labute approximate surface area is 132 Å². The predicted molar refractivity (Wildman–Crippen MR) is 86.8 cm³/mol. The number of halogens is 1. The van der Waals surface area contributed by atoms with Crippen LogP contribution in [0.2, 0.25) is 0 Å². The van der Waals surface area contributed by atoms with Gasteiger partial charge in [0.2, 0.25) is 5.91 Å². The van der Waals surface area contributed by atoms with Gasteiger partial charge in [0.25, 0.3) is 0 Å². The maximum Gasteiger partial charge on any atom is 0.241 e. The molecule has 0 aliphatic carbocycles. The molecule has 2 unspecified atom stereocenters. The summed E-state index contributed by atoms with van der Waals surface area (Å²) in [4.78, 5) is 19.3. The number of amides is 1. The van der Waals surface area contributed by atoms with Crippen molar-refractivity contribution in [3.63, 3.8) is 0 Å². The first-order valence-corrected chi connectivity index (χ1v) is 6.29. The van der Waals surface area contributed by atoms with E-state index in [1.807, 2.05) is 6.92 Å². The molecule has 0 aromatic rings. The summed E-state index contributed by atoms with van der Waals surface area (Å²) in [5.74, 6) is 1.03. The van der Waals surface area contributed by atoms with E-state index in [4.69, 9.17) is 0 Å². The molecule has 1 fully saturated rings. The maximum absolute atomic E-state index is 11.5. The van der Waals surface area contributed by atoms with Crippen molar-refractivity contribution in [1.82, 2.24) is 15.1 Å². The molecule has 0 saturated carbocycles. The van der Waals surface area contributed by atoms with Gasteiger partial charge < -0.3 is 20.2 Å². The number of aliphatic hydroxyl groups is 1. The number of carbonyl (C=O) groups excluding carboxylic acids is 1. The second kappa shape index (κ2) is 8.57. The van der Waals surface area contributed by atoms with Crippen LogP contribution in [0.3, 0.4) is 0 Å². The monoisotopic (exact) mass is 384 g/mol. The lowest BCUT2D eigenvalue weighted by Gasteiger charge is -2.22. The summed E-state index contributed by atoms with van der Waals surface area (Å²) in [7, 11) is 5.16. The van der Waals surface area contributed by atoms with E-state index < -0.39 is 0 Å². The Hall–Kier alpha value is -0.570. The van der Waals surface area contributed by atoms with Crippen molar-refractivity contribution in [3.8, 4) is 0 Å². The molecule has 1 aliphatic rings. The fourth-order valence-electron chi connectivity index (χ4n) is 2.02. The Morgan fingerprint density at radius 2 is 2.21 bits per heavy atom. The van der Waals surface area contributed by atoms with Gasteiger partial charge in [0.05, 0.1) is 12.6 Å². The van der Waals surface area contributed by atoms with Crippen LogP contribution in [0.1, 0.15) is 13.3 Å². The van der Waals surface area contributed by atoms with Crippen LogP contribution >= 0.6 is 24.0 Å². The van der Waals surface area contributed by atoms with E-state index in [-0.39, 0.29) is 48.5 Å². The van der Waals surface area contributed by atoms with Gasteiger partial charge in [-0.1, -0.05) is 0 Å². The summed E-state index contributed by atoms with van der Waals surface area (Å²) >= 11 is 0. The van der Waals surface area contributed by atoms with E-state index in [9.17, 15) is 9.90 Å². The molecular weight excluding hydrogens is 359 g/mol. The highest BCUT2D eigenvalue weighted by Gasteiger charge is 2.27. The fraction of sp³-hybridized carbons (Fsp3) is 0.833. The van der Waals surface area contributed by atoms with Gasteiger partial charge in [0.1, 0.15) is 0 Å². The standard InChI is InChI=1S/C12H24N4O2.HI/c1-9(17)10-5-6-16(8-10)12(13-2)14-7-11(18)15(3)4;/h9-10,17H,5-8H2,1-4H3,(H,13,14);1H. The average molecular weight is 384 g/mol. The molecule has 0 radical (unpaired) electrons. The van der Waals surface area contributed by atoms with Gasteiger partial charge >= 0.3 is 0 Å². The molecule has 0 spiro atoms. The van der Waals surface area contributed by atoms with Crippen LogP contribution < -0.4 is 5.32 Å². The van der Waals surface area contributed by atoms with Gasteiger partial charge in [-0.15, -0.1) is 24.0 Å². The number of guanidine groups is 1. The van der Waals surface area contributed by atoms with Crippen LogP contribution in [0.25, 0.3) is 0 Å². The second-order valence-electron chi connectivity index (χ2n) is 4.92. The highest BCUT2D eigenvalue weighted by Crippen LogP contribution is 2.19. The molecule has 1 rings (SSSR count). The highest BCUT2D eigenvalue weighted by atomic mass is 127. The predicted octanol–water partition coefficient (Wildman–Crippen LogP) is -0.0293. The number of carbonyl (C=O) groups is 1. The molecule has 7 heteroatoms. The first-order chi connectivity index (χ1) is 8.45. The number of nitrogens with one attached hydrogen (secondary N) is 1. The molecule has 0 aromatic heterocycles. The number of nitrogens with zero attached hydrogens (tertiary/aromatic N) is 3. The van der Waals surface area contributed by atoms with Crippen LogP contribution in [0.5, 0.6) is 0 Å². The van der Waals surface area contributed by atoms with Crippen LogP contribution in [-0.4, -0.2) is 73.7 Å². The normalized spacial score (nSPS) is 20.8. The smallest absolute Gasteiger partial charge is 0.241 e. The van der Waals surface area contributed by atoms with Crippen molar-refractivity contribution >= 4 is 35.8 Å². The SMILES string of the molecule is CN=C(NCC(=O)N(C)C)N1CCC(C(C)O)C1.I. The largest absolute Gasteiger partial charge is 0.393 e. The Bertz CT molecular complexity index is 321. The molecule has 1 saturated heterocycles. The number of likely N-dealkylation sites (N-methyl/N-ethyl adjacent to an activating group) is 1. The summed E-state index contributed by atoms with van der Waals surface area (Å²) < 4.78 is 0. The average Bonchev–Trinajstić information content (AvgIpc) is 2.79. The highest BCUT2D eigenvalue weighted by molar-refractivity contribution is 14.0. The summed E-state index contributed by atoms with van der Waals surface area (Å²) in [6.45, 7) is 3.72. The summed E-state index contributed by atoms with van der Waals surface area (Å²) in [5.41, 5.74) is 0. The first-order valence-electron chi connectivity index (χ1n) is 6.29. The topological polar surface area (TPSA) is 68.2 Å². The van der Waals surface area contributed by atoms with Crippen molar-refractivity contribution in [2.75, 3.05) is 40.8 Å². The van der Waals surface area contributed by atoms with Gasteiger partial charge in [0.15, 0.2) is 5.96 Å². The number of hydrogen-bond donors (Lipinski definition) is 2. The van der Waals surface area contributed by atoms with Crippen LogP contribution in [-0.2, 0) is 4.79 Å². The van der Waals surface area contributed by atoms with Crippen LogP contribution in [0.15, 0.2) is 4.99 Å². The van der Waals surface area contributed by atoms with E-state index in [0.29, 0.717) is 0 Å². The number of rotatable bonds is 3. The fourth-order valence-corrected chi connectivity index (χ4v) is 2.02. The van der Waals surface area contributed by atoms with Gasteiger partial charge in [0, 0.05) is 40.2 Å². The van der Waals surface area contributed by atoms with Crippen LogP contribution in [0.4, 0.5) is 0 Å². The van der Waals surface area contributed by atoms with E-state index in [1.54, 1.807) is 26.0 Å². The third kappa shape index (κ3) is 5.52. The Kier molecular flexibility index (Phi) is 8.31. The van der Waals surface area contributed by atoms with Gasteiger partial charge in [-0.25, -0.2) is 0 Å². The number of likely N-dealkylation sites (tertiary alicyclic amines) is 1. The van der Waals surface area contributed by atoms with E-state index >= 15 is 0 Å². The van der Waals surface area contributed by atoms with Gasteiger partial charge in [-0.05, 0) is 13.3 Å². The molecule has 0 bridgehead atoms. The van der Waals surface area contributed by atoms with Gasteiger partial charge in [-0.2, -0.15) is 0 Å². The summed E-state index contributed by atoms with van der Waals surface area (Å²) in [5, 5.41) is 12.6. The van der Waals surface area contributed by atoms with Crippen molar-refractivity contribution in [2.45, 2.75) is 19.4 Å². The van der Waals surface area contributed by atoms with E-state index in [1.165, 1.54) is 0 Å². The minimum Gasteiger partial charge on any atom is -0.393 e. The van der Waals surface area contributed by atoms with Crippen molar-refractivity contribution in [2.24, 2.45) is 10.9 Å². The molecular formula is C12H25IN4O2.